The van der Waals surface area contributed by atoms with Crippen molar-refractivity contribution in [1.82, 2.24) is 0 Å². The lowest BCUT2D eigenvalue weighted by Crippen LogP contribution is -2.16. The Bertz CT molecular complexity index is 756. The van der Waals surface area contributed by atoms with E-state index in [1.54, 1.807) is 0 Å². The summed E-state index contributed by atoms with van der Waals surface area (Å²) in [6, 6.07) is 15.2. The summed E-state index contributed by atoms with van der Waals surface area (Å²) in [4.78, 5) is 12.3. The summed E-state index contributed by atoms with van der Waals surface area (Å²) < 4.78 is 17.4. The Labute approximate surface area is 167 Å². The molecule has 0 spiro atoms. The van der Waals surface area contributed by atoms with Gasteiger partial charge < -0.3 is 19.5 Å². The number of hydrogen-bond donors (Lipinski definition) is 1. The van der Waals surface area contributed by atoms with Crippen molar-refractivity contribution < 1.29 is 19.0 Å². The van der Waals surface area contributed by atoms with Crippen LogP contribution in [0.15, 0.2) is 48.5 Å². The van der Waals surface area contributed by atoms with Crippen molar-refractivity contribution >= 4 is 11.6 Å². The summed E-state index contributed by atoms with van der Waals surface area (Å²) in [5.74, 6) is 2.15. The molecule has 1 N–H and O–H groups in total. The zero-order valence-corrected chi connectivity index (χ0v) is 16.5. The normalized spacial score (nSPS) is 13.9. The molecule has 5 nitrogen and oxygen atoms in total. The summed E-state index contributed by atoms with van der Waals surface area (Å²) in [5.41, 5.74) is 0.738. The average Bonchev–Trinajstić information content (AvgIpc) is 3.21. The Morgan fingerprint density at radius 1 is 0.964 bits per heavy atom. The standard InChI is InChI=1S/C23H29NO4/c1-2-26-21-14-7-8-15-22(21)27-17-9-16-23(25)24-19-12-5-6-13-20(19)28-18-10-3-4-11-18/h5-8,12-15,18H,2-4,9-11,16-17H2,1H3,(H,24,25). The number of carbonyl (C=O) groups excluding carboxylic acids is 1. The van der Waals surface area contributed by atoms with E-state index in [0.29, 0.717) is 31.8 Å². The molecule has 1 aliphatic rings. The molecule has 2 aromatic rings. The molecule has 3 rings (SSSR count). The quantitative estimate of drug-likeness (QED) is 0.573. The van der Waals surface area contributed by atoms with E-state index >= 15 is 0 Å². The zero-order chi connectivity index (χ0) is 19.6. The van der Waals surface area contributed by atoms with E-state index in [2.05, 4.69) is 5.32 Å². The van der Waals surface area contributed by atoms with Crippen LogP contribution in [0.2, 0.25) is 0 Å². The first kappa shape index (κ1) is 20.1. The second-order valence-corrected chi connectivity index (χ2v) is 6.90. The Morgan fingerprint density at radius 2 is 1.61 bits per heavy atom. The van der Waals surface area contributed by atoms with Crippen molar-refractivity contribution in [3.63, 3.8) is 0 Å². The first-order chi connectivity index (χ1) is 13.8. The van der Waals surface area contributed by atoms with Crippen LogP contribution in [0.3, 0.4) is 0 Å². The van der Waals surface area contributed by atoms with E-state index in [9.17, 15) is 4.79 Å². The minimum Gasteiger partial charge on any atom is -0.490 e. The first-order valence-electron chi connectivity index (χ1n) is 10.2. The molecule has 1 fully saturated rings. The number of nitrogens with one attached hydrogen (secondary N) is 1. The lowest BCUT2D eigenvalue weighted by Gasteiger charge is -2.17. The highest BCUT2D eigenvalue weighted by Crippen LogP contribution is 2.30. The fourth-order valence-electron chi connectivity index (χ4n) is 3.33. The van der Waals surface area contributed by atoms with Crippen LogP contribution < -0.4 is 19.5 Å². The maximum absolute atomic E-state index is 12.3. The highest BCUT2D eigenvalue weighted by atomic mass is 16.5. The predicted molar refractivity (Wildman–Crippen MR) is 110 cm³/mol. The highest BCUT2D eigenvalue weighted by Gasteiger charge is 2.18. The van der Waals surface area contributed by atoms with Gasteiger partial charge in [-0.05, 0) is 63.3 Å². The molecule has 0 radical (unpaired) electrons. The first-order valence-corrected chi connectivity index (χ1v) is 10.2. The summed E-state index contributed by atoms with van der Waals surface area (Å²) in [7, 11) is 0. The minimum atomic E-state index is -0.0378. The van der Waals surface area contributed by atoms with Crippen LogP contribution in [-0.2, 0) is 4.79 Å². The van der Waals surface area contributed by atoms with Gasteiger partial charge in [0.2, 0.25) is 5.91 Å². The Morgan fingerprint density at radius 3 is 2.32 bits per heavy atom. The number of hydrogen-bond acceptors (Lipinski definition) is 4. The third kappa shape index (κ3) is 5.91. The molecule has 0 unspecified atom stereocenters. The highest BCUT2D eigenvalue weighted by molar-refractivity contribution is 5.92. The largest absolute Gasteiger partial charge is 0.490 e. The van der Waals surface area contributed by atoms with Crippen molar-refractivity contribution in [2.75, 3.05) is 18.5 Å². The van der Waals surface area contributed by atoms with Crippen molar-refractivity contribution in [3.8, 4) is 17.2 Å². The Balaban J connectivity index is 1.45. The summed E-state index contributed by atoms with van der Waals surface area (Å²) >= 11 is 0. The molecule has 0 saturated heterocycles. The van der Waals surface area contributed by atoms with E-state index in [-0.39, 0.29) is 12.0 Å². The fraction of sp³-hybridized carbons (Fsp3) is 0.435. The van der Waals surface area contributed by atoms with Gasteiger partial charge in [-0.1, -0.05) is 24.3 Å². The zero-order valence-electron chi connectivity index (χ0n) is 16.5. The van der Waals surface area contributed by atoms with Gasteiger partial charge in [-0.15, -0.1) is 0 Å². The van der Waals surface area contributed by atoms with E-state index in [1.165, 1.54) is 12.8 Å². The Kier molecular flexibility index (Phi) is 7.59. The molecule has 150 valence electrons. The van der Waals surface area contributed by atoms with Crippen LogP contribution in [0.5, 0.6) is 17.2 Å². The second kappa shape index (κ2) is 10.6. The van der Waals surface area contributed by atoms with Gasteiger partial charge >= 0.3 is 0 Å². The molecule has 0 aliphatic heterocycles. The minimum absolute atomic E-state index is 0.0378. The van der Waals surface area contributed by atoms with Crippen molar-refractivity contribution in [1.29, 1.82) is 0 Å². The van der Waals surface area contributed by atoms with E-state index < -0.39 is 0 Å². The molecule has 1 saturated carbocycles. The Hall–Kier alpha value is -2.69. The molecule has 1 amide bonds. The van der Waals surface area contributed by atoms with Gasteiger partial charge in [0.1, 0.15) is 5.75 Å². The smallest absolute Gasteiger partial charge is 0.224 e. The van der Waals surface area contributed by atoms with E-state index in [1.807, 2.05) is 55.5 Å². The lowest BCUT2D eigenvalue weighted by atomic mass is 10.2. The van der Waals surface area contributed by atoms with Gasteiger partial charge in [0.05, 0.1) is 25.0 Å². The van der Waals surface area contributed by atoms with Crippen LogP contribution in [0.1, 0.15) is 45.4 Å². The van der Waals surface area contributed by atoms with Crippen molar-refractivity contribution in [2.24, 2.45) is 0 Å². The van der Waals surface area contributed by atoms with Gasteiger partial charge in [0.25, 0.3) is 0 Å². The number of para-hydroxylation sites is 4. The third-order valence-electron chi connectivity index (χ3n) is 4.71. The van der Waals surface area contributed by atoms with Gasteiger partial charge in [-0.3, -0.25) is 4.79 Å². The van der Waals surface area contributed by atoms with Crippen molar-refractivity contribution in [3.05, 3.63) is 48.5 Å². The number of ether oxygens (including phenoxy) is 3. The number of anilines is 1. The fourth-order valence-corrected chi connectivity index (χ4v) is 3.33. The van der Waals surface area contributed by atoms with Crippen LogP contribution >= 0.6 is 0 Å². The van der Waals surface area contributed by atoms with Gasteiger partial charge in [0, 0.05) is 6.42 Å². The van der Waals surface area contributed by atoms with Crippen LogP contribution in [0.4, 0.5) is 5.69 Å². The molecule has 1 aliphatic carbocycles. The van der Waals surface area contributed by atoms with Gasteiger partial charge in [0.15, 0.2) is 11.5 Å². The number of carbonyl (C=O) groups is 1. The van der Waals surface area contributed by atoms with Gasteiger partial charge in [-0.25, -0.2) is 0 Å². The number of amides is 1. The molecule has 0 bridgehead atoms. The van der Waals surface area contributed by atoms with Crippen LogP contribution in [0, 0.1) is 0 Å². The SMILES string of the molecule is CCOc1ccccc1OCCCC(=O)Nc1ccccc1OC1CCCC1. The maximum Gasteiger partial charge on any atom is 0.224 e. The molecule has 0 atom stereocenters. The van der Waals surface area contributed by atoms with Crippen LogP contribution in [-0.4, -0.2) is 25.2 Å². The summed E-state index contributed by atoms with van der Waals surface area (Å²) in [6.45, 7) is 2.98. The monoisotopic (exact) mass is 383 g/mol. The summed E-state index contributed by atoms with van der Waals surface area (Å²) in [6.07, 6.45) is 5.87. The molecule has 5 heteroatoms. The predicted octanol–water partition coefficient (Wildman–Crippen LogP) is 5.20. The molecular weight excluding hydrogens is 354 g/mol. The number of benzene rings is 2. The summed E-state index contributed by atoms with van der Waals surface area (Å²) in [5, 5.41) is 2.97. The molecular formula is C23H29NO4. The molecule has 2 aromatic carbocycles. The second-order valence-electron chi connectivity index (χ2n) is 6.90. The van der Waals surface area contributed by atoms with Crippen LogP contribution in [0.25, 0.3) is 0 Å². The van der Waals surface area contributed by atoms with E-state index in [0.717, 1.165) is 30.0 Å². The maximum atomic E-state index is 12.3. The molecule has 0 aromatic heterocycles. The number of rotatable bonds is 10. The molecule has 0 heterocycles. The molecule has 28 heavy (non-hydrogen) atoms. The lowest BCUT2D eigenvalue weighted by molar-refractivity contribution is -0.116. The van der Waals surface area contributed by atoms with E-state index in [4.69, 9.17) is 14.2 Å². The average molecular weight is 383 g/mol. The van der Waals surface area contributed by atoms with Gasteiger partial charge in [-0.2, -0.15) is 0 Å². The topological polar surface area (TPSA) is 56.8 Å². The third-order valence-corrected chi connectivity index (χ3v) is 4.71. The van der Waals surface area contributed by atoms with Crippen molar-refractivity contribution in [2.45, 2.75) is 51.6 Å².